The van der Waals surface area contributed by atoms with Crippen LogP contribution in [0.25, 0.3) is 0 Å². The molecule has 1 fully saturated rings. The fraction of sp³-hybridized carbons (Fsp3) is 0.333. The first-order chi connectivity index (χ1) is 18.5. The molecule has 202 valence electrons. The average Bonchev–Trinajstić information content (AvgIpc) is 3.44. The molecule has 4 amide bonds. The van der Waals surface area contributed by atoms with Gasteiger partial charge in [-0.3, -0.25) is 4.90 Å². The fourth-order valence-electron chi connectivity index (χ4n) is 6.21. The monoisotopic (exact) mass is 542 g/mol. The van der Waals surface area contributed by atoms with Crippen LogP contribution in [-0.4, -0.2) is 48.7 Å². The molecule has 1 unspecified atom stereocenters. The molecule has 1 saturated heterocycles. The molecule has 0 aromatic heterocycles. The summed E-state index contributed by atoms with van der Waals surface area (Å²) < 4.78 is 50.7. The minimum atomic E-state index is -4.59. The normalized spacial score (nSPS) is 25.5. The molecule has 9 nitrogen and oxygen atoms in total. The minimum Gasteiger partial charge on any atom is -0.462 e. The van der Waals surface area contributed by atoms with Gasteiger partial charge in [-0.2, -0.15) is 17.7 Å². The van der Waals surface area contributed by atoms with Crippen molar-refractivity contribution in [3.8, 4) is 0 Å². The van der Waals surface area contributed by atoms with E-state index in [4.69, 9.17) is 9.47 Å². The Morgan fingerprint density at radius 2 is 1.95 bits per heavy atom. The Morgan fingerprint density at radius 3 is 2.67 bits per heavy atom. The van der Waals surface area contributed by atoms with Crippen LogP contribution in [0, 0.1) is 0 Å². The number of fused-ring (bicyclic) bond motifs is 4. The summed E-state index contributed by atoms with van der Waals surface area (Å²) in [6.07, 6.45) is -3.81. The predicted octanol–water partition coefficient (Wildman–Crippen LogP) is 4.38. The third-order valence-electron chi connectivity index (χ3n) is 8.09. The minimum absolute atomic E-state index is 0.0170. The number of halogens is 3. The van der Waals surface area contributed by atoms with Crippen LogP contribution in [0.5, 0.6) is 0 Å². The highest BCUT2D eigenvalue weighted by Gasteiger charge is 2.83. The quantitative estimate of drug-likeness (QED) is 0.248. The summed E-state index contributed by atoms with van der Waals surface area (Å²) in [4.78, 5) is 55.3. The van der Waals surface area contributed by atoms with Crippen LogP contribution in [0.3, 0.4) is 0 Å². The molecule has 2 spiro atoms. The number of benzene rings is 2. The van der Waals surface area contributed by atoms with Crippen LogP contribution < -0.4 is 9.80 Å². The summed E-state index contributed by atoms with van der Waals surface area (Å²) in [5.74, 6) is -1.72. The van der Waals surface area contributed by atoms with E-state index in [1.165, 1.54) is 29.0 Å². The number of esters is 1. The first-order valence-corrected chi connectivity index (χ1v) is 12.3. The summed E-state index contributed by atoms with van der Waals surface area (Å²) in [5, 5.41) is 0. The molecule has 2 aromatic rings. The van der Waals surface area contributed by atoms with E-state index in [2.05, 4.69) is 0 Å². The lowest BCUT2D eigenvalue weighted by Crippen LogP contribution is -2.56. The molecule has 3 aliphatic heterocycles. The topological polar surface area (TPSA) is 93.2 Å². The number of amides is 4. The molecule has 0 saturated carbocycles. The van der Waals surface area contributed by atoms with Crippen molar-refractivity contribution in [3.63, 3.8) is 0 Å². The third-order valence-corrected chi connectivity index (χ3v) is 8.09. The van der Waals surface area contributed by atoms with Crippen molar-refractivity contribution in [2.75, 3.05) is 30.0 Å². The number of carbonyl (C=O) groups is 4. The molecule has 4 aliphatic rings. The first-order valence-electron chi connectivity index (χ1n) is 12.3. The highest BCUT2D eigenvalue weighted by atomic mass is 19.4. The van der Waals surface area contributed by atoms with Crippen molar-refractivity contribution in [2.24, 2.45) is 0 Å². The lowest BCUT2D eigenvalue weighted by molar-refractivity contribution is -0.666. The van der Waals surface area contributed by atoms with Gasteiger partial charge in [-0.15, -0.1) is 0 Å². The molecule has 2 aromatic carbocycles. The number of cyclic esters (lactones) is 1. The van der Waals surface area contributed by atoms with Gasteiger partial charge in [-0.05, 0) is 43.2 Å². The van der Waals surface area contributed by atoms with Crippen LogP contribution in [-0.2, 0) is 43.8 Å². The maximum atomic E-state index is 14.1. The zero-order valence-corrected chi connectivity index (χ0v) is 21.0. The van der Waals surface area contributed by atoms with E-state index in [-0.39, 0.29) is 43.7 Å². The average molecular weight is 542 g/mol. The lowest BCUT2D eigenvalue weighted by Gasteiger charge is -2.32. The Balaban J connectivity index is 1.48. The number of nitrogens with zero attached hydrogens (tertiary/aromatic N) is 3. The summed E-state index contributed by atoms with van der Waals surface area (Å²) in [7, 11) is 1.54. The molecule has 0 radical (unpaired) electrons. The number of quaternary nitrogens is 1. The van der Waals surface area contributed by atoms with E-state index in [1.807, 2.05) is 0 Å². The van der Waals surface area contributed by atoms with Crippen LogP contribution in [0.1, 0.15) is 35.6 Å². The molecular formula is C27H23F3N3O6+. The maximum Gasteiger partial charge on any atom is 0.436 e. The Kier molecular flexibility index (Phi) is 5.25. The van der Waals surface area contributed by atoms with Gasteiger partial charge in [0, 0.05) is 30.8 Å². The largest absolute Gasteiger partial charge is 0.462 e. The second-order valence-electron chi connectivity index (χ2n) is 9.98. The molecular weight excluding hydrogens is 519 g/mol. The number of carbonyl (C=O) groups excluding carboxylic acids is 4. The van der Waals surface area contributed by atoms with E-state index in [0.717, 1.165) is 12.3 Å². The summed E-state index contributed by atoms with van der Waals surface area (Å²) in [6.45, 7) is 1.44. The van der Waals surface area contributed by atoms with Gasteiger partial charge in [-0.1, -0.05) is 12.1 Å². The Bertz CT molecular complexity index is 1520. The molecule has 2 atom stereocenters. The third kappa shape index (κ3) is 3.30. The van der Waals surface area contributed by atoms with Crippen molar-refractivity contribution in [3.05, 3.63) is 70.4 Å². The van der Waals surface area contributed by atoms with Gasteiger partial charge in [0.2, 0.25) is 0 Å². The number of urea groups is 1. The van der Waals surface area contributed by atoms with E-state index >= 15 is 0 Å². The molecule has 3 heterocycles. The van der Waals surface area contributed by atoms with Gasteiger partial charge in [0.15, 0.2) is 17.7 Å². The highest BCUT2D eigenvalue weighted by Crippen LogP contribution is 2.62. The first kappa shape index (κ1) is 25.1. The molecule has 6 rings (SSSR count). The summed E-state index contributed by atoms with van der Waals surface area (Å²) >= 11 is 0. The molecule has 1 aliphatic carbocycles. The number of alkyl halides is 3. The van der Waals surface area contributed by atoms with E-state index < -0.39 is 45.8 Å². The van der Waals surface area contributed by atoms with Gasteiger partial charge in [0.25, 0.3) is 0 Å². The van der Waals surface area contributed by atoms with Gasteiger partial charge in [0.05, 0.1) is 23.5 Å². The fourth-order valence-corrected chi connectivity index (χ4v) is 6.21. The molecule has 12 heteroatoms. The van der Waals surface area contributed by atoms with Crippen molar-refractivity contribution < 1.29 is 46.3 Å². The number of ether oxygens (including phenoxy) is 2. The number of imide groups is 1. The number of hydrogen-bond donors (Lipinski definition) is 0. The van der Waals surface area contributed by atoms with Gasteiger partial charge >= 0.3 is 30.2 Å². The van der Waals surface area contributed by atoms with Crippen molar-refractivity contribution >= 4 is 35.4 Å². The second-order valence-corrected chi connectivity index (χ2v) is 9.98. The number of anilines is 2. The zero-order chi connectivity index (χ0) is 27.9. The Labute approximate surface area is 220 Å². The van der Waals surface area contributed by atoms with Crippen molar-refractivity contribution in [1.82, 2.24) is 0 Å². The SMILES string of the molecule is CCOC(=O)C1=CN(c2ccc3c(c2)COC(=O)N3C)C(=O)[N+]2(C[C@@]23CCc2c(C(F)(F)F)cccc23)C1=O. The highest BCUT2D eigenvalue weighted by molar-refractivity contribution is 6.20. The second kappa shape index (κ2) is 8.15. The number of hydrogen-bond acceptors (Lipinski definition) is 6. The van der Waals surface area contributed by atoms with E-state index in [0.29, 0.717) is 22.5 Å². The van der Waals surface area contributed by atoms with Crippen LogP contribution >= 0.6 is 0 Å². The van der Waals surface area contributed by atoms with Gasteiger partial charge in [-0.25, -0.2) is 24.1 Å². The smallest absolute Gasteiger partial charge is 0.436 e. The summed E-state index contributed by atoms with van der Waals surface area (Å²) in [6, 6.07) is 7.93. The Morgan fingerprint density at radius 1 is 1.18 bits per heavy atom. The predicted molar refractivity (Wildman–Crippen MR) is 129 cm³/mol. The number of rotatable bonds is 3. The Hall–Kier alpha value is -4.19. The molecule has 0 N–H and O–H groups in total. The maximum absolute atomic E-state index is 14.1. The van der Waals surface area contributed by atoms with Gasteiger partial charge in [0.1, 0.15) is 6.61 Å². The van der Waals surface area contributed by atoms with Crippen LogP contribution in [0.15, 0.2) is 48.2 Å². The molecule has 0 bridgehead atoms. The van der Waals surface area contributed by atoms with Crippen molar-refractivity contribution in [2.45, 2.75) is 38.1 Å². The summed E-state index contributed by atoms with van der Waals surface area (Å²) in [5.41, 5.74) is -0.540. The molecule has 39 heavy (non-hydrogen) atoms. The zero-order valence-electron chi connectivity index (χ0n) is 21.0. The van der Waals surface area contributed by atoms with Crippen molar-refractivity contribution in [1.29, 1.82) is 0 Å². The standard InChI is InChI=1S/C27H23F3N3O6/c1-3-38-23(35)18-12-32(16-7-8-21-15(11-16)13-39-25(37)31(21)2)24(36)33(22(18)34)14-26(33)10-9-17-19(26)5-4-6-20(17)27(28,29)30/h4-8,11-12H,3,9-10,13-14H2,1-2H3/q+1/t26-,33?/m1/s1. The lowest BCUT2D eigenvalue weighted by atomic mass is 9.97. The van der Waals surface area contributed by atoms with E-state index in [1.54, 1.807) is 25.1 Å². The van der Waals surface area contributed by atoms with Crippen LogP contribution in [0.2, 0.25) is 0 Å². The van der Waals surface area contributed by atoms with E-state index in [9.17, 15) is 32.3 Å². The van der Waals surface area contributed by atoms with Gasteiger partial charge < -0.3 is 9.47 Å². The van der Waals surface area contributed by atoms with Crippen LogP contribution in [0.4, 0.5) is 34.1 Å².